The molecule has 1 aliphatic carbocycles. The van der Waals surface area contributed by atoms with E-state index >= 15 is 0 Å². The molecule has 0 aromatic carbocycles. The molecule has 15 heavy (non-hydrogen) atoms. The first kappa shape index (κ1) is 10.1. The molecule has 0 bridgehead atoms. The quantitative estimate of drug-likeness (QED) is 0.804. The fourth-order valence-corrected chi connectivity index (χ4v) is 2.19. The molecule has 0 spiro atoms. The maximum Gasteiger partial charge on any atom is 0.307 e. The van der Waals surface area contributed by atoms with E-state index in [-0.39, 0.29) is 11.8 Å². The number of aryl methyl sites for hydroxylation is 1. The molecule has 1 fully saturated rings. The molecule has 5 nitrogen and oxygen atoms in total. The van der Waals surface area contributed by atoms with E-state index in [2.05, 4.69) is 10.1 Å². The van der Waals surface area contributed by atoms with Gasteiger partial charge in [-0.25, -0.2) is 0 Å². The van der Waals surface area contributed by atoms with Gasteiger partial charge in [-0.15, -0.1) is 0 Å². The number of carboxylic acid groups (broad SMARTS) is 1. The minimum atomic E-state index is -0.754. The molecule has 1 heterocycles. The molecule has 1 aliphatic rings. The van der Waals surface area contributed by atoms with Crippen LogP contribution in [-0.4, -0.2) is 21.2 Å². The van der Waals surface area contributed by atoms with Gasteiger partial charge in [-0.1, -0.05) is 18.0 Å². The van der Waals surface area contributed by atoms with E-state index < -0.39 is 5.97 Å². The molecule has 1 aromatic heterocycles. The Bertz CT molecular complexity index is 361. The van der Waals surface area contributed by atoms with Crippen LogP contribution in [0.25, 0.3) is 0 Å². The predicted molar refractivity (Wildman–Crippen MR) is 51.4 cm³/mol. The third-order valence-electron chi connectivity index (χ3n) is 2.94. The van der Waals surface area contributed by atoms with Crippen molar-refractivity contribution in [1.82, 2.24) is 10.1 Å². The second-order valence-electron chi connectivity index (χ2n) is 4.02. The SMILES string of the molecule is Cc1noc(C2CCCCC2C(=O)O)n1. The molecule has 0 saturated heterocycles. The summed E-state index contributed by atoms with van der Waals surface area (Å²) in [6.07, 6.45) is 3.55. The van der Waals surface area contributed by atoms with Crippen molar-refractivity contribution in [3.8, 4) is 0 Å². The van der Waals surface area contributed by atoms with Crippen LogP contribution in [0.3, 0.4) is 0 Å². The van der Waals surface area contributed by atoms with Gasteiger partial charge in [0.05, 0.1) is 11.8 Å². The van der Waals surface area contributed by atoms with Crippen LogP contribution in [0.4, 0.5) is 0 Å². The molecule has 2 rings (SSSR count). The summed E-state index contributed by atoms with van der Waals surface area (Å²) in [4.78, 5) is 15.2. The highest BCUT2D eigenvalue weighted by Gasteiger charge is 2.35. The Hall–Kier alpha value is -1.39. The topological polar surface area (TPSA) is 76.2 Å². The summed E-state index contributed by atoms with van der Waals surface area (Å²) in [7, 11) is 0. The van der Waals surface area contributed by atoms with Crippen LogP contribution in [-0.2, 0) is 4.79 Å². The second kappa shape index (κ2) is 4.00. The molecule has 0 aliphatic heterocycles. The Morgan fingerprint density at radius 1 is 1.47 bits per heavy atom. The van der Waals surface area contributed by atoms with Gasteiger partial charge in [0.25, 0.3) is 0 Å². The van der Waals surface area contributed by atoms with Gasteiger partial charge in [0.15, 0.2) is 5.82 Å². The molecule has 82 valence electrons. The predicted octanol–water partition coefficient (Wildman–Crippen LogP) is 1.74. The van der Waals surface area contributed by atoms with Crippen molar-refractivity contribution in [3.63, 3.8) is 0 Å². The van der Waals surface area contributed by atoms with E-state index in [4.69, 9.17) is 9.63 Å². The number of carbonyl (C=O) groups is 1. The summed E-state index contributed by atoms with van der Waals surface area (Å²) in [6.45, 7) is 1.74. The highest BCUT2D eigenvalue weighted by Crippen LogP contribution is 2.37. The molecule has 5 heteroatoms. The third kappa shape index (κ3) is 2.00. The molecule has 1 N–H and O–H groups in total. The largest absolute Gasteiger partial charge is 0.481 e. The van der Waals surface area contributed by atoms with Crippen molar-refractivity contribution in [2.45, 2.75) is 38.5 Å². The number of hydrogen-bond donors (Lipinski definition) is 1. The maximum atomic E-state index is 11.1. The molecule has 0 radical (unpaired) electrons. The molecular formula is C10H14N2O3. The number of aromatic nitrogens is 2. The van der Waals surface area contributed by atoms with Crippen molar-refractivity contribution in [3.05, 3.63) is 11.7 Å². The van der Waals surface area contributed by atoms with Crippen LogP contribution in [0.15, 0.2) is 4.52 Å². The molecule has 2 atom stereocenters. The van der Waals surface area contributed by atoms with Crippen molar-refractivity contribution in [1.29, 1.82) is 0 Å². The van der Waals surface area contributed by atoms with Gasteiger partial charge < -0.3 is 9.63 Å². The zero-order chi connectivity index (χ0) is 10.8. The number of aliphatic carboxylic acids is 1. The minimum Gasteiger partial charge on any atom is -0.481 e. The zero-order valence-corrected chi connectivity index (χ0v) is 8.64. The molecule has 0 amide bonds. The average Bonchev–Trinajstić information content (AvgIpc) is 2.65. The lowest BCUT2D eigenvalue weighted by Gasteiger charge is -2.25. The van der Waals surface area contributed by atoms with Crippen molar-refractivity contribution < 1.29 is 14.4 Å². The lowest BCUT2D eigenvalue weighted by Crippen LogP contribution is -2.25. The number of nitrogens with zero attached hydrogens (tertiary/aromatic N) is 2. The number of carboxylic acids is 1. The van der Waals surface area contributed by atoms with Gasteiger partial charge >= 0.3 is 5.97 Å². The van der Waals surface area contributed by atoms with Crippen molar-refractivity contribution in [2.75, 3.05) is 0 Å². The van der Waals surface area contributed by atoms with Gasteiger partial charge in [0, 0.05) is 0 Å². The molecule has 1 saturated carbocycles. The van der Waals surface area contributed by atoms with Gasteiger partial charge in [-0.05, 0) is 19.8 Å². The minimum absolute atomic E-state index is 0.0996. The Morgan fingerprint density at radius 2 is 2.20 bits per heavy atom. The van der Waals surface area contributed by atoms with E-state index in [1.54, 1.807) is 6.92 Å². The fraction of sp³-hybridized carbons (Fsp3) is 0.700. The summed E-state index contributed by atoms with van der Waals surface area (Å²) >= 11 is 0. The summed E-state index contributed by atoms with van der Waals surface area (Å²) in [5.41, 5.74) is 0. The van der Waals surface area contributed by atoms with Crippen molar-refractivity contribution >= 4 is 5.97 Å². The molecule has 2 unspecified atom stereocenters. The lowest BCUT2D eigenvalue weighted by molar-refractivity contribution is -0.143. The van der Waals surface area contributed by atoms with Crippen LogP contribution in [0.5, 0.6) is 0 Å². The Morgan fingerprint density at radius 3 is 2.80 bits per heavy atom. The highest BCUT2D eigenvalue weighted by molar-refractivity contribution is 5.71. The fourth-order valence-electron chi connectivity index (χ4n) is 2.19. The van der Waals surface area contributed by atoms with Crippen LogP contribution < -0.4 is 0 Å². The van der Waals surface area contributed by atoms with Gasteiger partial charge in [-0.2, -0.15) is 4.98 Å². The van der Waals surface area contributed by atoms with E-state index in [1.165, 1.54) is 0 Å². The molecule has 1 aromatic rings. The van der Waals surface area contributed by atoms with E-state index in [0.29, 0.717) is 18.1 Å². The monoisotopic (exact) mass is 210 g/mol. The highest BCUT2D eigenvalue weighted by atomic mass is 16.5. The molecular weight excluding hydrogens is 196 g/mol. The average molecular weight is 210 g/mol. The van der Waals surface area contributed by atoms with E-state index in [1.807, 2.05) is 0 Å². The number of rotatable bonds is 2. The Labute approximate surface area is 87.5 Å². The number of hydrogen-bond acceptors (Lipinski definition) is 4. The van der Waals surface area contributed by atoms with Crippen LogP contribution in [0, 0.1) is 12.8 Å². The zero-order valence-electron chi connectivity index (χ0n) is 8.64. The lowest BCUT2D eigenvalue weighted by atomic mass is 9.79. The summed E-state index contributed by atoms with van der Waals surface area (Å²) in [5, 5.41) is 12.8. The normalized spacial score (nSPS) is 26.5. The third-order valence-corrected chi connectivity index (χ3v) is 2.94. The first-order valence-corrected chi connectivity index (χ1v) is 5.21. The van der Waals surface area contributed by atoms with Crippen LogP contribution >= 0.6 is 0 Å². The van der Waals surface area contributed by atoms with E-state index in [0.717, 1.165) is 19.3 Å². The standard InChI is InChI=1S/C10H14N2O3/c1-6-11-9(15-12-6)7-4-2-3-5-8(7)10(13)14/h7-8H,2-5H2,1H3,(H,13,14). The second-order valence-corrected chi connectivity index (χ2v) is 4.02. The van der Waals surface area contributed by atoms with Crippen LogP contribution in [0.2, 0.25) is 0 Å². The van der Waals surface area contributed by atoms with Gasteiger partial charge in [-0.3, -0.25) is 4.79 Å². The Kier molecular flexibility index (Phi) is 2.70. The summed E-state index contributed by atoms with van der Waals surface area (Å²) < 4.78 is 5.06. The summed E-state index contributed by atoms with van der Waals surface area (Å²) in [5.74, 6) is -0.161. The Balaban J connectivity index is 2.21. The smallest absolute Gasteiger partial charge is 0.307 e. The first-order valence-electron chi connectivity index (χ1n) is 5.21. The van der Waals surface area contributed by atoms with Gasteiger partial charge in [0.2, 0.25) is 5.89 Å². The van der Waals surface area contributed by atoms with E-state index in [9.17, 15) is 4.79 Å². The maximum absolute atomic E-state index is 11.1. The first-order chi connectivity index (χ1) is 7.18. The summed E-state index contributed by atoms with van der Waals surface area (Å²) in [6, 6.07) is 0. The van der Waals surface area contributed by atoms with Crippen molar-refractivity contribution in [2.24, 2.45) is 5.92 Å². The van der Waals surface area contributed by atoms with Crippen LogP contribution in [0.1, 0.15) is 43.3 Å². The van der Waals surface area contributed by atoms with Gasteiger partial charge in [0.1, 0.15) is 0 Å².